The van der Waals surface area contributed by atoms with Crippen molar-refractivity contribution >= 4 is 17.5 Å². The molecule has 108 valence electrons. The maximum absolute atomic E-state index is 12.3. The lowest BCUT2D eigenvalue weighted by Crippen LogP contribution is -2.48. The van der Waals surface area contributed by atoms with Gasteiger partial charge in [0.05, 0.1) is 12.0 Å². The minimum Gasteiger partial charge on any atom is -0.359 e. The number of nitrogens with one attached hydrogen (secondary N) is 2. The lowest BCUT2D eigenvalue weighted by molar-refractivity contribution is -0.121. The first-order valence-electron chi connectivity index (χ1n) is 6.94. The standard InChI is InChI=1S/C15H21N3O2/c1-17-13(19)10-11-6-2-3-7-12(11)18-14(20)15(16)8-4-5-9-15/h2-3,6-7H,4-5,8-10,16H2,1H3,(H,17,19)(H,18,20). The number of carbonyl (C=O) groups is 2. The van der Waals surface area contributed by atoms with E-state index in [0.717, 1.165) is 31.2 Å². The Kier molecular flexibility index (Phi) is 4.39. The minimum atomic E-state index is -0.764. The highest BCUT2D eigenvalue weighted by Crippen LogP contribution is 2.29. The van der Waals surface area contributed by atoms with Crippen LogP contribution in [0.2, 0.25) is 0 Å². The van der Waals surface area contributed by atoms with Crippen LogP contribution in [0.1, 0.15) is 31.2 Å². The van der Waals surface area contributed by atoms with Crippen molar-refractivity contribution in [3.63, 3.8) is 0 Å². The fourth-order valence-corrected chi connectivity index (χ4v) is 2.54. The smallest absolute Gasteiger partial charge is 0.244 e. The quantitative estimate of drug-likeness (QED) is 0.771. The fourth-order valence-electron chi connectivity index (χ4n) is 2.54. The van der Waals surface area contributed by atoms with E-state index < -0.39 is 5.54 Å². The highest BCUT2D eigenvalue weighted by atomic mass is 16.2. The Morgan fingerprint density at radius 2 is 1.90 bits per heavy atom. The molecule has 0 atom stereocenters. The van der Waals surface area contributed by atoms with Crippen LogP contribution >= 0.6 is 0 Å². The van der Waals surface area contributed by atoms with Gasteiger partial charge < -0.3 is 16.4 Å². The summed E-state index contributed by atoms with van der Waals surface area (Å²) in [7, 11) is 1.59. The molecule has 5 nitrogen and oxygen atoms in total. The summed E-state index contributed by atoms with van der Waals surface area (Å²) in [4.78, 5) is 23.8. The SMILES string of the molecule is CNC(=O)Cc1ccccc1NC(=O)C1(N)CCCC1. The minimum absolute atomic E-state index is 0.0879. The van der Waals surface area contributed by atoms with E-state index in [1.165, 1.54) is 0 Å². The third-order valence-corrected chi connectivity index (χ3v) is 3.84. The molecule has 0 spiro atoms. The summed E-state index contributed by atoms with van der Waals surface area (Å²) in [6.07, 6.45) is 3.66. The number of amides is 2. The molecule has 0 aliphatic heterocycles. The summed E-state index contributed by atoms with van der Waals surface area (Å²) in [5, 5.41) is 5.46. The van der Waals surface area contributed by atoms with E-state index in [-0.39, 0.29) is 18.2 Å². The van der Waals surface area contributed by atoms with Crippen molar-refractivity contribution in [3.05, 3.63) is 29.8 Å². The van der Waals surface area contributed by atoms with Gasteiger partial charge in [-0.2, -0.15) is 0 Å². The summed E-state index contributed by atoms with van der Waals surface area (Å²) in [6, 6.07) is 7.32. The fraction of sp³-hybridized carbons (Fsp3) is 0.467. The Balaban J connectivity index is 2.12. The van der Waals surface area contributed by atoms with Crippen molar-refractivity contribution in [1.82, 2.24) is 5.32 Å². The van der Waals surface area contributed by atoms with Crippen LogP contribution < -0.4 is 16.4 Å². The van der Waals surface area contributed by atoms with Crippen LogP contribution in [0.25, 0.3) is 0 Å². The van der Waals surface area contributed by atoms with Gasteiger partial charge in [0.15, 0.2) is 0 Å². The highest BCUT2D eigenvalue weighted by molar-refractivity contribution is 5.99. The molecule has 1 aromatic rings. The molecule has 1 aromatic carbocycles. The van der Waals surface area contributed by atoms with E-state index in [0.29, 0.717) is 5.69 Å². The van der Waals surface area contributed by atoms with E-state index in [9.17, 15) is 9.59 Å². The third-order valence-electron chi connectivity index (χ3n) is 3.84. The second kappa shape index (κ2) is 6.05. The van der Waals surface area contributed by atoms with E-state index >= 15 is 0 Å². The maximum atomic E-state index is 12.3. The van der Waals surface area contributed by atoms with Crippen LogP contribution in [0, 0.1) is 0 Å². The van der Waals surface area contributed by atoms with Crippen LogP contribution in [0.15, 0.2) is 24.3 Å². The van der Waals surface area contributed by atoms with Crippen LogP contribution in [-0.4, -0.2) is 24.4 Å². The molecule has 2 rings (SSSR count). The zero-order valence-corrected chi connectivity index (χ0v) is 11.7. The first-order valence-corrected chi connectivity index (χ1v) is 6.94. The molecule has 0 heterocycles. The van der Waals surface area contributed by atoms with Crippen molar-refractivity contribution in [2.45, 2.75) is 37.6 Å². The summed E-state index contributed by atoms with van der Waals surface area (Å²) in [5.41, 5.74) is 6.83. The van der Waals surface area contributed by atoms with E-state index in [4.69, 9.17) is 5.73 Å². The summed E-state index contributed by atoms with van der Waals surface area (Å²) in [6.45, 7) is 0. The number of hydrogen-bond acceptors (Lipinski definition) is 3. The monoisotopic (exact) mass is 275 g/mol. The number of likely N-dealkylation sites (N-methyl/N-ethyl adjacent to an activating group) is 1. The van der Waals surface area contributed by atoms with Crippen molar-refractivity contribution < 1.29 is 9.59 Å². The molecule has 4 N–H and O–H groups in total. The topological polar surface area (TPSA) is 84.2 Å². The number of para-hydroxylation sites is 1. The molecule has 0 unspecified atom stereocenters. The number of benzene rings is 1. The van der Waals surface area contributed by atoms with Gasteiger partial charge in [-0.05, 0) is 24.5 Å². The molecule has 1 fully saturated rings. The zero-order chi connectivity index (χ0) is 14.6. The van der Waals surface area contributed by atoms with Gasteiger partial charge in [-0.25, -0.2) is 0 Å². The molecule has 0 radical (unpaired) electrons. The Labute approximate surface area is 118 Å². The number of carbonyl (C=O) groups excluding carboxylic acids is 2. The molecule has 5 heteroatoms. The first kappa shape index (κ1) is 14.5. The number of hydrogen-bond donors (Lipinski definition) is 3. The molecule has 0 aromatic heterocycles. The Bertz CT molecular complexity index is 508. The second-order valence-electron chi connectivity index (χ2n) is 5.32. The second-order valence-corrected chi connectivity index (χ2v) is 5.32. The Morgan fingerprint density at radius 1 is 1.25 bits per heavy atom. The lowest BCUT2D eigenvalue weighted by atomic mass is 9.97. The van der Waals surface area contributed by atoms with Crippen LogP contribution in [0.5, 0.6) is 0 Å². The molecule has 20 heavy (non-hydrogen) atoms. The molecule has 1 aliphatic rings. The molecule has 1 aliphatic carbocycles. The van der Waals surface area contributed by atoms with Gasteiger partial charge in [-0.1, -0.05) is 31.0 Å². The van der Waals surface area contributed by atoms with Gasteiger partial charge in [0.25, 0.3) is 0 Å². The van der Waals surface area contributed by atoms with Gasteiger partial charge in [-0.15, -0.1) is 0 Å². The Morgan fingerprint density at radius 3 is 2.55 bits per heavy atom. The maximum Gasteiger partial charge on any atom is 0.244 e. The van der Waals surface area contributed by atoms with Gasteiger partial charge in [-0.3, -0.25) is 9.59 Å². The van der Waals surface area contributed by atoms with E-state index in [1.807, 2.05) is 18.2 Å². The number of anilines is 1. The lowest BCUT2D eigenvalue weighted by Gasteiger charge is -2.23. The van der Waals surface area contributed by atoms with Crippen molar-refractivity contribution in [2.75, 3.05) is 12.4 Å². The summed E-state index contributed by atoms with van der Waals surface area (Å²) in [5.74, 6) is -0.241. The number of rotatable bonds is 4. The van der Waals surface area contributed by atoms with Crippen molar-refractivity contribution in [2.24, 2.45) is 5.73 Å². The highest BCUT2D eigenvalue weighted by Gasteiger charge is 2.37. The van der Waals surface area contributed by atoms with Gasteiger partial charge in [0.1, 0.15) is 0 Å². The van der Waals surface area contributed by atoms with Crippen molar-refractivity contribution in [1.29, 1.82) is 0 Å². The molecule has 1 saturated carbocycles. The predicted molar refractivity (Wildman–Crippen MR) is 78.2 cm³/mol. The van der Waals surface area contributed by atoms with Crippen LogP contribution in [0.4, 0.5) is 5.69 Å². The molecular weight excluding hydrogens is 254 g/mol. The normalized spacial score (nSPS) is 16.7. The Hall–Kier alpha value is -1.88. The van der Waals surface area contributed by atoms with Gasteiger partial charge >= 0.3 is 0 Å². The number of nitrogens with two attached hydrogens (primary N) is 1. The average molecular weight is 275 g/mol. The summed E-state index contributed by atoms with van der Waals surface area (Å²) >= 11 is 0. The molecular formula is C15H21N3O2. The molecule has 2 amide bonds. The first-order chi connectivity index (χ1) is 9.55. The van der Waals surface area contributed by atoms with Gasteiger partial charge in [0, 0.05) is 12.7 Å². The average Bonchev–Trinajstić information content (AvgIpc) is 2.89. The van der Waals surface area contributed by atoms with E-state index in [2.05, 4.69) is 10.6 Å². The predicted octanol–water partition coefficient (Wildman–Crippen LogP) is 1.19. The third kappa shape index (κ3) is 3.17. The van der Waals surface area contributed by atoms with E-state index in [1.54, 1.807) is 13.1 Å². The largest absolute Gasteiger partial charge is 0.359 e. The molecule has 0 saturated heterocycles. The van der Waals surface area contributed by atoms with Gasteiger partial charge in [0.2, 0.25) is 11.8 Å². The van der Waals surface area contributed by atoms with Crippen molar-refractivity contribution in [3.8, 4) is 0 Å². The summed E-state index contributed by atoms with van der Waals surface area (Å²) < 4.78 is 0. The molecule has 0 bridgehead atoms. The zero-order valence-electron chi connectivity index (χ0n) is 11.7. The van der Waals surface area contributed by atoms with Crippen LogP contribution in [-0.2, 0) is 16.0 Å². The van der Waals surface area contributed by atoms with Crippen LogP contribution in [0.3, 0.4) is 0 Å².